The molecule has 2 aromatic rings. The Morgan fingerprint density at radius 1 is 1.31 bits per heavy atom. The Morgan fingerprint density at radius 2 is 2.15 bits per heavy atom. The summed E-state index contributed by atoms with van der Waals surface area (Å²) in [6, 6.07) is 6.33. The molecule has 1 unspecified atom stereocenters. The second-order valence-corrected chi connectivity index (χ2v) is 6.71. The topological polar surface area (TPSA) is 70.6 Å². The Balaban J connectivity index is 1.48. The van der Waals surface area contributed by atoms with Gasteiger partial charge in [0, 0.05) is 39.1 Å². The second kappa shape index (κ2) is 9.43. The molecule has 0 bridgehead atoms. The fourth-order valence-corrected chi connectivity index (χ4v) is 3.39. The smallest absolute Gasteiger partial charge is 0.191 e. The zero-order valence-corrected chi connectivity index (χ0v) is 15.8. The van der Waals surface area contributed by atoms with E-state index >= 15 is 0 Å². The van der Waals surface area contributed by atoms with Crippen LogP contribution in [0.5, 0.6) is 0 Å². The molecule has 0 aliphatic carbocycles. The molecule has 1 fully saturated rings. The van der Waals surface area contributed by atoms with E-state index in [2.05, 4.69) is 31.7 Å². The molecule has 2 N–H and O–H groups in total. The quantitative estimate of drug-likeness (QED) is 0.430. The molecule has 3 rings (SSSR count). The number of likely N-dealkylation sites (tertiary alicyclic amines) is 1. The molecular weight excluding hydrogens is 328 g/mol. The highest BCUT2D eigenvalue weighted by molar-refractivity contribution is 5.79. The normalized spacial score (nSPS) is 16.8. The molecule has 0 amide bonds. The molecule has 7 nitrogen and oxygen atoms in total. The van der Waals surface area contributed by atoms with Gasteiger partial charge in [-0.15, -0.1) is 0 Å². The van der Waals surface area contributed by atoms with Crippen molar-refractivity contribution in [3.63, 3.8) is 0 Å². The molecule has 26 heavy (non-hydrogen) atoms. The lowest BCUT2D eigenvalue weighted by molar-refractivity contribution is 0.213. The van der Waals surface area contributed by atoms with E-state index < -0.39 is 0 Å². The van der Waals surface area contributed by atoms with Gasteiger partial charge >= 0.3 is 0 Å². The minimum Gasteiger partial charge on any atom is -0.465 e. The van der Waals surface area contributed by atoms with Gasteiger partial charge in [0.2, 0.25) is 0 Å². The van der Waals surface area contributed by atoms with Gasteiger partial charge in [0.05, 0.1) is 6.04 Å². The molecule has 0 aromatic carbocycles. The Bertz CT molecular complexity index is 672. The molecule has 2 aromatic heterocycles. The van der Waals surface area contributed by atoms with Crippen LogP contribution in [0.25, 0.3) is 0 Å². The first-order chi connectivity index (χ1) is 12.8. The lowest BCUT2D eigenvalue weighted by atomic mass is 10.2. The van der Waals surface area contributed by atoms with Gasteiger partial charge in [0.25, 0.3) is 0 Å². The van der Waals surface area contributed by atoms with E-state index in [-0.39, 0.29) is 6.04 Å². The zero-order valence-electron chi connectivity index (χ0n) is 15.8. The molecule has 7 heteroatoms. The van der Waals surface area contributed by atoms with Crippen LogP contribution in [-0.2, 0) is 6.54 Å². The highest BCUT2D eigenvalue weighted by Crippen LogP contribution is 2.26. The predicted molar refractivity (Wildman–Crippen MR) is 103 cm³/mol. The highest BCUT2D eigenvalue weighted by atomic mass is 16.3. The third-order valence-corrected chi connectivity index (χ3v) is 4.77. The maximum Gasteiger partial charge on any atom is 0.191 e. The zero-order chi connectivity index (χ0) is 18.2. The second-order valence-electron chi connectivity index (χ2n) is 6.71. The molecule has 3 heterocycles. The van der Waals surface area contributed by atoms with E-state index in [1.807, 2.05) is 43.2 Å². The Labute approximate surface area is 155 Å². The van der Waals surface area contributed by atoms with E-state index in [0.717, 1.165) is 56.6 Å². The summed E-state index contributed by atoms with van der Waals surface area (Å²) in [6.45, 7) is 6.79. The summed E-state index contributed by atoms with van der Waals surface area (Å²) in [4.78, 5) is 6.84. The van der Waals surface area contributed by atoms with Crippen LogP contribution in [0.3, 0.4) is 0 Å². The van der Waals surface area contributed by atoms with Crippen LogP contribution in [0.1, 0.15) is 36.8 Å². The Hall–Kier alpha value is -2.28. The van der Waals surface area contributed by atoms with Gasteiger partial charge in [0.15, 0.2) is 5.96 Å². The number of guanidine groups is 1. The monoisotopic (exact) mass is 358 g/mol. The molecule has 1 aliphatic rings. The number of hydrogen-bond acceptors (Lipinski definition) is 4. The summed E-state index contributed by atoms with van der Waals surface area (Å²) in [5, 5.41) is 11.1. The van der Waals surface area contributed by atoms with Crippen molar-refractivity contribution in [1.29, 1.82) is 0 Å². The summed E-state index contributed by atoms with van der Waals surface area (Å²) in [5.74, 6) is 2.83. The summed E-state index contributed by atoms with van der Waals surface area (Å²) in [6.07, 6.45) is 7.31. The van der Waals surface area contributed by atoms with Gasteiger partial charge < -0.3 is 15.1 Å². The number of nitrogens with zero attached hydrogens (tertiary/aromatic N) is 4. The van der Waals surface area contributed by atoms with E-state index in [4.69, 9.17) is 4.42 Å². The lowest BCUT2D eigenvalue weighted by Gasteiger charge is -2.26. The Morgan fingerprint density at radius 3 is 2.81 bits per heavy atom. The van der Waals surface area contributed by atoms with Crippen LogP contribution >= 0.6 is 0 Å². The summed E-state index contributed by atoms with van der Waals surface area (Å²) >= 11 is 0. The van der Waals surface area contributed by atoms with Crippen molar-refractivity contribution in [2.24, 2.45) is 4.99 Å². The summed E-state index contributed by atoms with van der Waals surface area (Å²) in [7, 11) is 1.81. The minimum atomic E-state index is 0.244. The van der Waals surface area contributed by atoms with Crippen LogP contribution in [0.15, 0.2) is 40.0 Å². The van der Waals surface area contributed by atoms with Crippen molar-refractivity contribution in [2.75, 3.05) is 33.2 Å². The van der Waals surface area contributed by atoms with Crippen LogP contribution in [-0.4, -0.2) is 53.9 Å². The number of aliphatic imine (C=N–C) groups is 1. The van der Waals surface area contributed by atoms with E-state index in [1.54, 1.807) is 0 Å². The molecular formula is C19H30N6O. The van der Waals surface area contributed by atoms with Crippen molar-refractivity contribution >= 4 is 5.96 Å². The number of furan rings is 1. The predicted octanol–water partition coefficient (Wildman–Crippen LogP) is 2.18. The van der Waals surface area contributed by atoms with E-state index in [1.165, 1.54) is 12.8 Å². The third-order valence-electron chi connectivity index (χ3n) is 4.77. The molecule has 0 radical (unpaired) electrons. The fourth-order valence-electron chi connectivity index (χ4n) is 3.39. The number of rotatable bonds is 8. The standard InChI is InChI=1S/C19H30N6O/c1-16-7-8-18(26-16)17(24-11-3-4-12-24)15-22-19(20-2)21-9-5-13-25-14-6-10-23-25/h6-8,10,14,17H,3-5,9,11-13,15H2,1-2H3,(H2,20,21,22). The van der Waals surface area contributed by atoms with Gasteiger partial charge in [-0.2, -0.15) is 5.10 Å². The number of nitrogens with one attached hydrogen (secondary N) is 2. The molecule has 0 saturated carbocycles. The highest BCUT2D eigenvalue weighted by Gasteiger charge is 2.26. The van der Waals surface area contributed by atoms with E-state index in [0.29, 0.717) is 0 Å². The average molecular weight is 358 g/mol. The maximum absolute atomic E-state index is 5.91. The summed E-state index contributed by atoms with van der Waals surface area (Å²) in [5.41, 5.74) is 0. The maximum atomic E-state index is 5.91. The molecule has 1 saturated heterocycles. The van der Waals surface area contributed by atoms with Crippen molar-refractivity contribution < 1.29 is 4.42 Å². The van der Waals surface area contributed by atoms with Gasteiger partial charge in [0.1, 0.15) is 11.5 Å². The molecule has 1 aliphatic heterocycles. The largest absolute Gasteiger partial charge is 0.465 e. The van der Waals surface area contributed by atoms with Crippen LogP contribution in [0, 0.1) is 6.92 Å². The first-order valence-corrected chi connectivity index (χ1v) is 9.48. The van der Waals surface area contributed by atoms with Gasteiger partial charge in [-0.25, -0.2) is 0 Å². The fraction of sp³-hybridized carbons (Fsp3) is 0.579. The minimum absolute atomic E-state index is 0.244. The lowest BCUT2D eigenvalue weighted by Crippen LogP contribution is -2.43. The van der Waals surface area contributed by atoms with Gasteiger partial charge in [-0.1, -0.05) is 0 Å². The summed E-state index contributed by atoms with van der Waals surface area (Å²) < 4.78 is 7.86. The van der Waals surface area contributed by atoms with E-state index in [9.17, 15) is 0 Å². The number of aryl methyl sites for hydroxylation is 2. The first-order valence-electron chi connectivity index (χ1n) is 9.48. The number of hydrogen-bond donors (Lipinski definition) is 2. The van der Waals surface area contributed by atoms with Crippen molar-refractivity contribution in [2.45, 2.75) is 38.8 Å². The van der Waals surface area contributed by atoms with Crippen LogP contribution in [0.4, 0.5) is 0 Å². The Kier molecular flexibility index (Phi) is 6.71. The molecule has 1 atom stereocenters. The third kappa shape index (κ3) is 5.11. The number of aromatic nitrogens is 2. The van der Waals surface area contributed by atoms with Crippen molar-refractivity contribution in [3.05, 3.63) is 42.1 Å². The van der Waals surface area contributed by atoms with Crippen molar-refractivity contribution in [3.8, 4) is 0 Å². The first kappa shape index (κ1) is 18.5. The van der Waals surface area contributed by atoms with Gasteiger partial charge in [-0.3, -0.25) is 14.6 Å². The van der Waals surface area contributed by atoms with Crippen LogP contribution in [0.2, 0.25) is 0 Å². The molecule has 142 valence electrons. The average Bonchev–Trinajstić information content (AvgIpc) is 3.40. The van der Waals surface area contributed by atoms with Crippen LogP contribution < -0.4 is 10.6 Å². The SMILES string of the molecule is CN=C(NCCCn1cccn1)NCC(c1ccc(C)o1)N1CCCC1. The molecule has 0 spiro atoms. The van der Waals surface area contributed by atoms with Gasteiger partial charge in [-0.05, 0) is 57.5 Å². The van der Waals surface area contributed by atoms with Crippen molar-refractivity contribution in [1.82, 2.24) is 25.3 Å².